The molecule has 0 aliphatic rings. The normalized spacial score (nSPS) is 10.4. The number of halogens is 3. The Hall–Kier alpha value is -2.56. The van der Waals surface area contributed by atoms with Gasteiger partial charge in [-0.25, -0.2) is 4.39 Å². The molecule has 0 bridgehead atoms. The molecule has 0 saturated carbocycles. The van der Waals surface area contributed by atoms with E-state index < -0.39 is 11.7 Å². The maximum Gasteiger partial charge on any atom is 0.255 e. The zero-order valence-electron chi connectivity index (χ0n) is 12.8. The number of carbonyl (C=O) groups excluding carboxylic acids is 1. The summed E-state index contributed by atoms with van der Waals surface area (Å²) in [5.41, 5.74) is 0.695. The van der Waals surface area contributed by atoms with Crippen LogP contribution in [0, 0.1) is 5.82 Å². The Bertz CT molecular complexity index is 914. The first-order valence-corrected chi connectivity index (χ1v) is 8.07. The fourth-order valence-electron chi connectivity index (χ4n) is 2.12. The number of carbonyl (C=O) groups is 1. The van der Waals surface area contributed by atoms with Crippen LogP contribution in [-0.2, 0) is 0 Å². The molecule has 126 valence electrons. The van der Waals surface area contributed by atoms with Crippen molar-refractivity contribution in [2.75, 3.05) is 5.32 Å². The van der Waals surface area contributed by atoms with E-state index in [2.05, 4.69) is 5.32 Å². The summed E-state index contributed by atoms with van der Waals surface area (Å²) in [4.78, 5) is 12.1. The van der Waals surface area contributed by atoms with E-state index in [1.807, 2.05) is 0 Å². The Morgan fingerprint density at radius 3 is 2.40 bits per heavy atom. The summed E-state index contributed by atoms with van der Waals surface area (Å²) in [7, 11) is 0. The second kappa shape index (κ2) is 7.55. The average Bonchev–Trinajstić information content (AvgIpc) is 2.59. The molecular weight excluding hydrogens is 364 g/mol. The van der Waals surface area contributed by atoms with Crippen LogP contribution >= 0.6 is 23.2 Å². The van der Waals surface area contributed by atoms with Crippen LogP contribution in [0.1, 0.15) is 10.4 Å². The van der Waals surface area contributed by atoms with E-state index in [-0.39, 0.29) is 5.56 Å². The molecule has 1 amide bonds. The highest BCUT2D eigenvalue weighted by atomic mass is 35.5. The minimum atomic E-state index is -0.475. The van der Waals surface area contributed by atoms with Gasteiger partial charge >= 0.3 is 0 Å². The van der Waals surface area contributed by atoms with Gasteiger partial charge in [-0.05, 0) is 60.7 Å². The Labute approximate surface area is 154 Å². The number of nitrogens with one attached hydrogen (secondary N) is 1. The first kappa shape index (κ1) is 17.3. The van der Waals surface area contributed by atoms with E-state index in [4.69, 9.17) is 27.9 Å². The molecule has 1 N–H and O–H groups in total. The molecule has 25 heavy (non-hydrogen) atoms. The Morgan fingerprint density at radius 2 is 1.72 bits per heavy atom. The highest BCUT2D eigenvalue weighted by molar-refractivity contribution is 6.32. The van der Waals surface area contributed by atoms with Crippen LogP contribution in [0.3, 0.4) is 0 Å². The Kier molecular flexibility index (Phi) is 5.22. The van der Waals surface area contributed by atoms with Crippen molar-refractivity contribution in [1.29, 1.82) is 0 Å². The van der Waals surface area contributed by atoms with Gasteiger partial charge in [0.05, 0.1) is 5.02 Å². The Balaban J connectivity index is 1.73. The fourth-order valence-corrected chi connectivity index (χ4v) is 2.47. The first-order chi connectivity index (χ1) is 12.0. The van der Waals surface area contributed by atoms with E-state index in [0.29, 0.717) is 27.2 Å². The SMILES string of the molecule is O=C(Nc1ccc(Oc2ccc(Cl)cc2)c(Cl)c1)c1cccc(F)c1. The van der Waals surface area contributed by atoms with Crippen LogP contribution in [-0.4, -0.2) is 5.91 Å². The van der Waals surface area contributed by atoms with Crippen molar-refractivity contribution in [3.8, 4) is 11.5 Å². The van der Waals surface area contributed by atoms with E-state index in [9.17, 15) is 9.18 Å². The summed E-state index contributed by atoms with van der Waals surface area (Å²) in [5, 5.41) is 3.59. The minimum absolute atomic E-state index is 0.220. The lowest BCUT2D eigenvalue weighted by molar-refractivity contribution is 0.102. The number of ether oxygens (including phenoxy) is 1. The number of amides is 1. The first-order valence-electron chi connectivity index (χ1n) is 7.31. The third kappa shape index (κ3) is 4.50. The van der Waals surface area contributed by atoms with Crippen LogP contribution in [0.5, 0.6) is 11.5 Å². The molecular formula is C19H12Cl2FNO2. The van der Waals surface area contributed by atoms with E-state index in [0.717, 1.165) is 6.07 Å². The van der Waals surface area contributed by atoms with Crippen molar-refractivity contribution in [1.82, 2.24) is 0 Å². The molecule has 0 aliphatic carbocycles. The van der Waals surface area contributed by atoms with Gasteiger partial charge < -0.3 is 10.1 Å². The van der Waals surface area contributed by atoms with Crippen LogP contribution in [0.2, 0.25) is 10.0 Å². The number of anilines is 1. The van der Waals surface area contributed by atoms with Crippen LogP contribution in [0.4, 0.5) is 10.1 Å². The van der Waals surface area contributed by atoms with Gasteiger partial charge in [0.15, 0.2) is 0 Å². The van der Waals surface area contributed by atoms with Gasteiger partial charge in [-0.1, -0.05) is 29.3 Å². The fraction of sp³-hybridized carbons (Fsp3) is 0. The summed E-state index contributed by atoms with van der Waals surface area (Å²) in [6.07, 6.45) is 0. The maximum atomic E-state index is 13.2. The standard InChI is InChI=1S/C19H12Cl2FNO2/c20-13-4-7-16(8-5-13)25-18-9-6-15(11-17(18)21)23-19(24)12-2-1-3-14(22)10-12/h1-11H,(H,23,24). The average molecular weight is 376 g/mol. The molecule has 3 aromatic carbocycles. The molecule has 6 heteroatoms. The van der Waals surface area contributed by atoms with E-state index >= 15 is 0 Å². The number of benzene rings is 3. The number of hydrogen-bond acceptors (Lipinski definition) is 2. The third-order valence-electron chi connectivity index (χ3n) is 3.32. The molecule has 0 spiro atoms. The van der Waals surface area contributed by atoms with Crippen LogP contribution in [0.25, 0.3) is 0 Å². The lowest BCUT2D eigenvalue weighted by Gasteiger charge is -2.10. The summed E-state index contributed by atoms with van der Waals surface area (Å²) in [6, 6.07) is 17.1. The molecule has 0 heterocycles. The van der Waals surface area contributed by atoms with Gasteiger partial charge in [-0.15, -0.1) is 0 Å². The van der Waals surface area contributed by atoms with Crippen molar-refractivity contribution in [2.24, 2.45) is 0 Å². The van der Waals surface area contributed by atoms with Crippen molar-refractivity contribution in [3.63, 3.8) is 0 Å². The van der Waals surface area contributed by atoms with Gasteiger partial charge in [0, 0.05) is 16.3 Å². The third-order valence-corrected chi connectivity index (χ3v) is 3.87. The molecule has 0 radical (unpaired) electrons. The predicted molar refractivity (Wildman–Crippen MR) is 97.3 cm³/mol. The van der Waals surface area contributed by atoms with Gasteiger partial charge in [0.1, 0.15) is 17.3 Å². The smallest absolute Gasteiger partial charge is 0.255 e. The highest BCUT2D eigenvalue weighted by Gasteiger charge is 2.10. The second-order valence-electron chi connectivity index (χ2n) is 5.17. The monoisotopic (exact) mass is 375 g/mol. The summed E-state index contributed by atoms with van der Waals surface area (Å²) in [5.74, 6) is 0.120. The predicted octanol–water partition coefficient (Wildman–Crippen LogP) is 6.18. The van der Waals surface area contributed by atoms with Gasteiger partial charge in [-0.2, -0.15) is 0 Å². The maximum absolute atomic E-state index is 13.2. The Morgan fingerprint density at radius 1 is 0.960 bits per heavy atom. The molecule has 0 aliphatic heterocycles. The van der Waals surface area contributed by atoms with Crippen molar-refractivity contribution < 1.29 is 13.9 Å². The van der Waals surface area contributed by atoms with Gasteiger partial charge in [-0.3, -0.25) is 4.79 Å². The minimum Gasteiger partial charge on any atom is -0.456 e. The topological polar surface area (TPSA) is 38.3 Å². The van der Waals surface area contributed by atoms with Crippen molar-refractivity contribution in [3.05, 3.63) is 88.2 Å². The largest absolute Gasteiger partial charge is 0.456 e. The lowest BCUT2D eigenvalue weighted by Crippen LogP contribution is -2.12. The van der Waals surface area contributed by atoms with Crippen molar-refractivity contribution >= 4 is 34.8 Å². The molecule has 0 saturated heterocycles. The van der Waals surface area contributed by atoms with Gasteiger partial charge in [0.2, 0.25) is 0 Å². The second-order valence-corrected chi connectivity index (χ2v) is 6.01. The molecule has 0 unspecified atom stereocenters. The zero-order chi connectivity index (χ0) is 17.8. The highest BCUT2D eigenvalue weighted by Crippen LogP contribution is 2.32. The van der Waals surface area contributed by atoms with Gasteiger partial charge in [0.25, 0.3) is 5.91 Å². The zero-order valence-corrected chi connectivity index (χ0v) is 14.3. The molecule has 0 aromatic heterocycles. The molecule has 0 atom stereocenters. The number of hydrogen-bond donors (Lipinski definition) is 1. The summed E-state index contributed by atoms with van der Waals surface area (Å²) < 4.78 is 18.9. The quantitative estimate of drug-likeness (QED) is 0.591. The molecule has 0 fully saturated rings. The summed E-state index contributed by atoms with van der Waals surface area (Å²) in [6.45, 7) is 0. The summed E-state index contributed by atoms with van der Waals surface area (Å²) >= 11 is 12.0. The van der Waals surface area contributed by atoms with Crippen LogP contribution < -0.4 is 10.1 Å². The number of rotatable bonds is 4. The van der Waals surface area contributed by atoms with Crippen molar-refractivity contribution in [2.45, 2.75) is 0 Å². The molecule has 3 aromatic rings. The lowest BCUT2D eigenvalue weighted by atomic mass is 10.2. The van der Waals surface area contributed by atoms with E-state index in [1.54, 1.807) is 42.5 Å². The van der Waals surface area contributed by atoms with E-state index in [1.165, 1.54) is 18.2 Å². The van der Waals surface area contributed by atoms with Crippen LogP contribution in [0.15, 0.2) is 66.7 Å². The molecule has 3 rings (SSSR count). The molecule has 3 nitrogen and oxygen atoms in total.